The summed E-state index contributed by atoms with van der Waals surface area (Å²) in [6.45, 7) is 4.80. The van der Waals surface area contributed by atoms with Crippen molar-refractivity contribution in [3.8, 4) is 39.2 Å². The molecular formula is C49H33BN2. The van der Waals surface area contributed by atoms with Crippen LogP contribution in [0, 0.1) is 0 Å². The second-order valence-electron chi connectivity index (χ2n) is 15.2. The molecule has 1 aliphatic carbocycles. The van der Waals surface area contributed by atoms with Crippen molar-refractivity contribution >= 4 is 61.6 Å². The Morgan fingerprint density at radius 1 is 0.538 bits per heavy atom. The molecule has 0 saturated heterocycles. The van der Waals surface area contributed by atoms with E-state index in [-0.39, 0.29) is 12.3 Å². The molecule has 2 nitrogen and oxygen atoms in total. The molecule has 52 heavy (non-hydrogen) atoms. The second kappa shape index (κ2) is 9.93. The van der Waals surface area contributed by atoms with Crippen LogP contribution in [0.4, 0.5) is 11.4 Å². The smallest absolute Gasteiger partial charge is 0.333 e. The second-order valence-corrected chi connectivity index (χ2v) is 15.2. The number of para-hydroxylation sites is 1. The Morgan fingerprint density at radius 3 is 2.08 bits per heavy atom. The Morgan fingerprint density at radius 2 is 1.23 bits per heavy atom. The van der Waals surface area contributed by atoms with Crippen molar-refractivity contribution in [2.75, 3.05) is 4.81 Å². The minimum Gasteiger partial charge on any atom is -0.376 e. The number of benzene rings is 8. The van der Waals surface area contributed by atoms with Crippen LogP contribution in [0.5, 0.6) is 0 Å². The van der Waals surface area contributed by atoms with Gasteiger partial charge in [-0.3, -0.25) is 0 Å². The van der Waals surface area contributed by atoms with Crippen LogP contribution in [0.3, 0.4) is 0 Å². The van der Waals surface area contributed by atoms with Crippen molar-refractivity contribution in [3.05, 3.63) is 175 Å². The number of hydrogen-bond donors (Lipinski definition) is 0. The molecule has 9 aromatic rings. The Labute approximate surface area is 303 Å². The number of nitrogens with zero attached hydrogens (tertiary/aromatic N) is 2. The Hall–Kier alpha value is -6.32. The van der Waals surface area contributed by atoms with Crippen molar-refractivity contribution in [1.82, 2.24) is 4.57 Å². The van der Waals surface area contributed by atoms with Crippen molar-refractivity contribution < 1.29 is 0 Å². The fourth-order valence-corrected chi connectivity index (χ4v) is 10.2. The van der Waals surface area contributed by atoms with E-state index in [2.05, 4.69) is 187 Å². The summed E-state index contributed by atoms with van der Waals surface area (Å²) in [5.74, 6) is 0. The minimum atomic E-state index is -0.125. The van der Waals surface area contributed by atoms with E-state index in [0.717, 1.165) is 0 Å². The van der Waals surface area contributed by atoms with Gasteiger partial charge in [0.15, 0.2) is 0 Å². The fraction of sp³-hybridized carbons (Fsp3) is 0.0612. The molecule has 0 fully saturated rings. The number of anilines is 2. The SMILES string of the molecule is CC1(C)c2ccccc2-c2c1c1cccc3c1n2-c1cc2ccccc2c2c1B3N(c1ccc(-c3ccccc3)cc1)c1c-2ccc2ccccc12. The van der Waals surface area contributed by atoms with Crippen LogP contribution >= 0.6 is 0 Å². The van der Waals surface area contributed by atoms with Gasteiger partial charge in [0.25, 0.3) is 0 Å². The van der Waals surface area contributed by atoms with Crippen molar-refractivity contribution in [1.29, 1.82) is 0 Å². The molecule has 242 valence electrons. The maximum atomic E-state index is 2.67. The monoisotopic (exact) mass is 660 g/mol. The normalized spacial score (nSPS) is 14.4. The molecule has 0 amide bonds. The van der Waals surface area contributed by atoms with Gasteiger partial charge in [0, 0.05) is 44.4 Å². The summed E-state index contributed by atoms with van der Waals surface area (Å²) in [6.07, 6.45) is 0. The molecule has 2 aliphatic heterocycles. The van der Waals surface area contributed by atoms with Gasteiger partial charge in [0.2, 0.25) is 0 Å². The standard InChI is InChI=1S/C49H33BN2/c1-49(2)40-21-11-10-19-37(40)48-44(49)39-20-12-22-41-47(39)51(48)42-29-33-16-7-8-17-35(33)43-38-28-25-32-15-6-9-18-36(32)46(38)52(50(41)45(42)43)34-26-23-31(24-27-34)30-13-4-3-5-14-30/h3-29H,1-2H3. The lowest BCUT2D eigenvalue weighted by molar-refractivity contribution is 0.666. The van der Waals surface area contributed by atoms with Crippen LogP contribution < -0.4 is 15.7 Å². The molecule has 3 heterocycles. The van der Waals surface area contributed by atoms with Gasteiger partial charge in [-0.15, -0.1) is 0 Å². The molecule has 0 saturated carbocycles. The van der Waals surface area contributed by atoms with E-state index < -0.39 is 0 Å². The van der Waals surface area contributed by atoms with Crippen LogP contribution in [0.25, 0.3) is 71.6 Å². The van der Waals surface area contributed by atoms with E-state index in [1.54, 1.807) is 0 Å². The van der Waals surface area contributed by atoms with E-state index in [1.807, 2.05) is 0 Å². The van der Waals surface area contributed by atoms with E-state index in [9.17, 15) is 0 Å². The van der Waals surface area contributed by atoms with Gasteiger partial charge < -0.3 is 9.38 Å². The Bertz CT molecular complexity index is 2990. The van der Waals surface area contributed by atoms with Crippen LogP contribution in [0.15, 0.2) is 164 Å². The lowest BCUT2D eigenvalue weighted by Crippen LogP contribution is -2.60. The number of hydrogen-bond acceptors (Lipinski definition) is 1. The van der Waals surface area contributed by atoms with Crippen LogP contribution in [0.1, 0.15) is 25.0 Å². The third kappa shape index (κ3) is 3.46. The fourth-order valence-electron chi connectivity index (χ4n) is 10.2. The molecule has 0 radical (unpaired) electrons. The van der Waals surface area contributed by atoms with Gasteiger partial charge in [-0.2, -0.15) is 0 Å². The predicted octanol–water partition coefficient (Wildman–Crippen LogP) is 11.1. The number of fused-ring (bicyclic) bond motifs is 13. The molecule has 12 rings (SSSR count). The molecule has 0 bridgehead atoms. The average molecular weight is 661 g/mol. The molecule has 0 unspecified atom stereocenters. The summed E-state index contributed by atoms with van der Waals surface area (Å²) in [6, 6.07) is 61.3. The third-order valence-electron chi connectivity index (χ3n) is 12.3. The molecule has 0 spiro atoms. The third-order valence-corrected chi connectivity index (χ3v) is 12.3. The highest BCUT2D eigenvalue weighted by Gasteiger charge is 2.48. The summed E-state index contributed by atoms with van der Waals surface area (Å²) >= 11 is 0. The van der Waals surface area contributed by atoms with Gasteiger partial charge in [-0.1, -0.05) is 159 Å². The zero-order valence-corrected chi connectivity index (χ0v) is 29.1. The summed E-state index contributed by atoms with van der Waals surface area (Å²) < 4.78 is 2.65. The zero-order chi connectivity index (χ0) is 34.3. The first kappa shape index (κ1) is 28.4. The zero-order valence-electron chi connectivity index (χ0n) is 29.1. The number of aromatic nitrogens is 1. The quantitative estimate of drug-likeness (QED) is 0.168. The largest absolute Gasteiger partial charge is 0.376 e. The summed E-state index contributed by atoms with van der Waals surface area (Å²) in [5, 5.41) is 6.47. The molecule has 1 aromatic heterocycles. The Balaban J connectivity index is 1.26. The summed E-state index contributed by atoms with van der Waals surface area (Å²) in [7, 11) is 0. The van der Waals surface area contributed by atoms with Crippen LogP contribution in [0.2, 0.25) is 0 Å². The maximum absolute atomic E-state index is 2.67. The lowest BCUT2D eigenvalue weighted by Gasteiger charge is -2.43. The van der Waals surface area contributed by atoms with Crippen molar-refractivity contribution in [2.24, 2.45) is 0 Å². The molecular weight excluding hydrogens is 627 g/mol. The van der Waals surface area contributed by atoms with Crippen LogP contribution in [-0.2, 0) is 5.41 Å². The van der Waals surface area contributed by atoms with E-state index >= 15 is 0 Å². The molecule has 0 N–H and O–H groups in total. The molecule has 8 aromatic carbocycles. The van der Waals surface area contributed by atoms with Gasteiger partial charge >= 0.3 is 6.85 Å². The first-order chi connectivity index (χ1) is 25.6. The van der Waals surface area contributed by atoms with Gasteiger partial charge in [-0.05, 0) is 73.1 Å². The molecule has 0 atom stereocenters. The average Bonchev–Trinajstić information content (AvgIpc) is 3.67. The van der Waals surface area contributed by atoms with E-state index in [0.29, 0.717) is 0 Å². The van der Waals surface area contributed by atoms with Gasteiger partial charge in [0.1, 0.15) is 0 Å². The number of rotatable bonds is 2. The van der Waals surface area contributed by atoms with Crippen molar-refractivity contribution in [2.45, 2.75) is 19.3 Å². The maximum Gasteiger partial charge on any atom is 0.333 e. The van der Waals surface area contributed by atoms with Crippen molar-refractivity contribution in [3.63, 3.8) is 0 Å². The topological polar surface area (TPSA) is 8.17 Å². The highest BCUT2D eigenvalue weighted by molar-refractivity contribution is 6.94. The first-order valence-electron chi connectivity index (χ1n) is 18.4. The highest BCUT2D eigenvalue weighted by atomic mass is 15.1. The minimum absolute atomic E-state index is 0.0277. The first-order valence-corrected chi connectivity index (χ1v) is 18.4. The van der Waals surface area contributed by atoms with Crippen LogP contribution in [-0.4, -0.2) is 11.4 Å². The van der Waals surface area contributed by atoms with E-state index in [1.165, 1.54) is 105 Å². The predicted molar refractivity (Wildman–Crippen MR) is 220 cm³/mol. The van der Waals surface area contributed by atoms with Gasteiger partial charge in [0.05, 0.1) is 11.2 Å². The van der Waals surface area contributed by atoms with E-state index in [4.69, 9.17) is 0 Å². The summed E-state index contributed by atoms with van der Waals surface area (Å²) in [4.78, 5) is 2.67. The summed E-state index contributed by atoms with van der Waals surface area (Å²) in [5.41, 5.74) is 18.4. The Kier molecular flexibility index (Phi) is 5.42. The molecule has 3 aliphatic rings. The molecule has 3 heteroatoms. The lowest BCUT2D eigenvalue weighted by atomic mass is 9.43. The van der Waals surface area contributed by atoms with Gasteiger partial charge in [-0.25, -0.2) is 0 Å². The highest BCUT2D eigenvalue weighted by Crippen LogP contribution is 2.55.